The van der Waals surface area contributed by atoms with Crippen LogP contribution in [0, 0.1) is 5.82 Å². The summed E-state index contributed by atoms with van der Waals surface area (Å²) in [7, 11) is 0. The van der Waals surface area contributed by atoms with E-state index in [1.165, 1.54) is 6.92 Å². The van der Waals surface area contributed by atoms with Gasteiger partial charge < -0.3 is 15.4 Å². The number of anilines is 2. The van der Waals surface area contributed by atoms with Crippen LogP contribution in [0.4, 0.5) is 37.7 Å². The van der Waals surface area contributed by atoms with Gasteiger partial charge in [0.2, 0.25) is 0 Å². The first kappa shape index (κ1) is 16.3. The molecule has 0 aliphatic heterocycles. The molecule has 1 aromatic carbocycles. The Labute approximate surface area is 110 Å². The molecule has 0 aliphatic rings. The number of nitrogens with zero attached hydrogens (tertiary/aromatic N) is 1. The lowest BCUT2D eigenvalue weighted by Crippen LogP contribution is -2.34. The fourth-order valence-corrected chi connectivity index (χ4v) is 1.60. The number of ether oxygens (including phenoxy) is 1. The van der Waals surface area contributed by atoms with Crippen molar-refractivity contribution < 1.29 is 31.1 Å². The second-order valence-corrected chi connectivity index (χ2v) is 3.85. The molecule has 114 valence electrons. The number of benzene rings is 1. The summed E-state index contributed by atoms with van der Waals surface area (Å²) in [5, 5.41) is 0. The van der Waals surface area contributed by atoms with Crippen molar-refractivity contribution in [1.29, 1.82) is 0 Å². The van der Waals surface area contributed by atoms with E-state index in [1.54, 1.807) is 0 Å². The molecule has 0 saturated heterocycles. The van der Waals surface area contributed by atoms with Crippen molar-refractivity contribution in [2.45, 2.75) is 19.7 Å². The van der Waals surface area contributed by atoms with Crippen molar-refractivity contribution in [2.24, 2.45) is 0 Å². The molecule has 9 heteroatoms. The van der Waals surface area contributed by atoms with E-state index < -0.39 is 30.9 Å². The quantitative estimate of drug-likeness (QED) is 0.669. The number of halogens is 6. The van der Waals surface area contributed by atoms with Crippen molar-refractivity contribution in [1.82, 2.24) is 0 Å². The second-order valence-electron chi connectivity index (χ2n) is 3.85. The predicted octanol–water partition coefficient (Wildman–Crippen LogP) is 3.40. The minimum Gasteiger partial charge on any atom is -0.432 e. The highest BCUT2D eigenvalue weighted by Gasteiger charge is 2.31. The molecule has 0 aliphatic carbocycles. The SMILES string of the molecule is CCN(CC(F)(F)F)c1cc(OC(F)F)c(F)cc1N. The molecule has 0 radical (unpaired) electrons. The van der Waals surface area contributed by atoms with Gasteiger partial charge in [0.25, 0.3) is 0 Å². The van der Waals surface area contributed by atoms with Crippen LogP contribution in [0.25, 0.3) is 0 Å². The van der Waals surface area contributed by atoms with E-state index >= 15 is 0 Å². The van der Waals surface area contributed by atoms with Gasteiger partial charge in [-0.15, -0.1) is 0 Å². The number of rotatable bonds is 5. The standard InChI is InChI=1S/C11H12F6N2O/c1-2-19(5-11(15,16)17)8-4-9(20-10(13)14)6(12)3-7(8)18/h3-4,10H,2,5,18H2,1H3. The molecule has 1 aromatic rings. The topological polar surface area (TPSA) is 38.5 Å². The normalized spacial score (nSPS) is 11.8. The molecule has 0 unspecified atom stereocenters. The van der Waals surface area contributed by atoms with Crippen molar-refractivity contribution in [3.63, 3.8) is 0 Å². The second kappa shape index (κ2) is 6.10. The third-order valence-corrected chi connectivity index (χ3v) is 2.39. The number of nitrogen functional groups attached to an aromatic ring is 1. The summed E-state index contributed by atoms with van der Waals surface area (Å²) < 4.78 is 78.5. The molecule has 20 heavy (non-hydrogen) atoms. The van der Waals surface area contributed by atoms with Crippen molar-refractivity contribution >= 4 is 11.4 Å². The smallest absolute Gasteiger partial charge is 0.405 e. The van der Waals surface area contributed by atoms with Crippen molar-refractivity contribution in [3.8, 4) is 5.75 Å². The molecule has 0 spiro atoms. The van der Waals surface area contributed by atoms with Gasteiger partial charge in [-0.1, -0.05) is 0 Å². The van der Waals surface area contributed by atoms with E-state index in [-0.39, 0.29) is 17.9 Å². The van der Waals surface area contributed by atoms with Gasteiger partial charge in [0, 0.05) is 18.7 Å². The lowest BCUT2D eigenvalue weighted by Gasteiger charge is -2.26. The largest absolute Gasteiger partial charge is 0.432 e. The fraction of sp³-hybridized carbons (Fsp3) is 0.455. The molecule has 0 aromatic heterocycles. The summed E-state index contributed by atoms with van der Waals surface area (Å²) in [5.41, 5.74) is 4.91. The summed E-state index contributed by atoms with van der Waals surface area (Å²) in [6, 6.07) is 1.37. The van der Waals surface area contributed by atoms with Crippen LogP contribution >= 0.6 is 0 Å². The van der Waals surface area contributed by atoms with E-state index in [9.17, 15) is 26.3 Å². The van der Waals surface area contributed by atoms with Crippen LogP contribution in [0.5, 0.6) is 5.75 Å². The van der Waals surface area contributed by atoms with Crippen LogP contribution in [0.2, 0.25) is 0 Å². The predicted molar refractivity (Wildman–Crippen MR) is 61.4 cm³/mol. The molecule has 0 amide bonds. The van der Waals surface area contributed by atoms with E-state index in [0.717, 1.165) is 11.0 Å². The van der Waals surface area contributed by atoms with Crippen LogP contribution < -0.4 is 15.4 Å². The summed E-state index contributed by atoms with van der Waals surface area (Å²) in [6.45, 7) is -3.31. The molecule has 0 heterocycles. The maximum Gasteiger partial charge on any atom is 0.405 e. The fourth-order valence-electron chi connectivity index (χ4n) is 1.60. The molecule has 0 fully saturated rings. The molecule has 1 rings (SSSR count). The van der Waals surface area contributed by atoms with Crippen LogP contribution in [-0.2, 0) is 0 Å². The zero-order chi connectivity index (χ0) is 15.5. The Morgan fingerprint density at radius 2 is 1.90 bits per heavy atom. The van der Waals surface area contributed by atoms with Gasteiger partial charge in [-0.25, -0.2) is 4.39 Å². The third-order valence-electron chi connectivity index (χ3n) is 2.39. The van der Waals surface area contributed by atoms with Crippen LogP contribution in [0.3, 0.4) is 0 Å². The molecule has 0 saturated carbocycles. The number of nitrogens with two attached hydrogens (primary N) is 1. The van der Waals surface area contributed by atoms with Gasteiger partial charge in [-0.05, 0) is 6.92 Å². The number of alkyl halides is 5. The molecule has 2 N–H and O–H groups in total. The van der Waals surface area contributed by atoms with Gasteiger partial charge in [-0.2, -0.15) is 22.0 Å². The van der Waals surface area contributed by atoms with E-state index in [2.05, 4.69) is 4.74 Å². The Morgan fingerprint density at radius 3 is 2.35 bits per heavy atom. The van der Waals surface area contributed by atoms with Crippen LogP contribution in [-0.4, -0.2) is 25.9 Å². The van der Waals surface area contributed by atoms with Gasteiger partial charge in [0.15, 0.2) is 11.6 Å². The summed E-state index contributed by atoms with van der Waals surface area (Å²) in [4.78, 5) is 0.785. The highest BCUT2D eigenvalue weighted by Crippen LogP contribution is 2.33. The Bertz CT molecular complexity index is 463. The van der Waals surface area contributed by atoms with Crippen molar-refractivity contribution in [2.75, 3.05) is 23.7 Å². The zero-order valence-electron chi connectivity index (χ0n) is 10.3. The molecule has 0 atom stereocenters. The van der Waals surface area contributed by atoms with Gasteiger partial charge in [0.1, 0.15) is 6.54 Å². The van der Waals surface area contributed by atoms with E-state index in [0.29, 0.717) is 6.07 Å². The Morgan fingerprint density at radius 1 is 1.30 bits per heavy atom. The Kier molecular flexibility index (Phi) is 4.96. The number of hydrogen-bond donors (Lipinski definition) is 1. The average molecular weight is 302 g/mol. The highest BCUT2D eigenvalue weighted by atomic mass is 19.4. The van der Waals surface area contributed by atoms with Gasteiger partial charge in [-0.3, -0.25) is 0 Å². The Hall–Kier alpha value is -1.80. The minimum absolute atomic E-state index is 0.0938. The highest BCUT2D eigenvalue weighted by molar-refractivity contribution is 5.70. The van der Waals surface area contributed by atoms with E-state index in [4.69, 9.17) is 5.73 Å². The molecule has 0 bridgehead atoms. The van der Waals surface area contributed by atoms with Gasteiger partial charge in [0.05, 0.1) is 11.4 Å². The average Bonchev–Trinajstić information content (AvgIpc) is 2.28. The molecular weight excluding hydrogens is 290 g/mol. The van der Waals surface area contributed by atoms with Crippen LogP contribution in [0.1, 0.15) is 6.92 Å². The Balaban J connectivity index is 3.14. The summed E-state index contributed by atoms with van der Waals surface area (Å²) in [5.74, 6) is -2.03. The lowest BCUT2D eigenvalue weighted by molar-refractivity contribution is -0.119. The molecule has 3 nitrogen and oxygen atoms in total. The first-order valence-electron chi connectivity index (χ1n) is 5.49. The molecular formula is C11H12F6N2O. The van der Waals surface area contributed by atoms with Gasteiger partial charge >= 0.3 is 12.8 Å². The maximum absolute atomic E-state index is 13.3. The summed E-state index contributed by atoms with van der Waals surface area (Å²) in [6.07, 6.45) is -4.51. The zero-order valence-corrected chi connectivity index (χ0v) is 10.3. The van der Waals surface area contributed by atoms with Crippen LogP contribution in [0.15, 0.2) is 12.1 Å². The first-order valence-corrected chi connectivity index (χ1v) is 5.49. The summed E-state index contributed by atoms with van der Waals surface area (Å²) >= 11 is 0. The third kappa shape index (κ3) is 4.39. The van der Waals surface area contributed by atoms with E-state index in [1.807, 2.05) is 0 Å². The monoisotopic (exact) mass is 302 g/mol. The van der Waals surface area contributed by atoms with Crippen molar-refractivity contribution in [3.05, 3.63) is 17.9 Å². The lowest BCUT2D eigenvalue weighted by atomic mass is 10.2. The maximum atomic E-state index is 13.3. The first-order chi connectivity index (χ1) is 9.14. The minimum atomic E-state index is -4.51. The number of hydrogen-bond acceptors (Lipinski definition) is 3.